The molecule has 104 valence electrons. The highest BCUT2D eigenvalue weighted by Gasteiger charge is 2.02. The molecule has 0 aromatic carbocycles. The summed E-state index contributed by atoms with van der Waals surface area (Å²) < 4.78 is 49.0. The van der Waals surface area contributed by atoms with Crippen LogP contribution in [-0.2, 0) is 29.1 Å². The zero-order valence-electron chi connectivity index (χ0n) is 9.96. The fraction of sp³-hybridized carbons (Fsp3) is 1.00. The second-order valence-electron chi connectivity index (χ2n) is 3.12. The molecule has 1 N–H and O–H groups in total. The van der Waals surface area contributed by atoms with Crippen LogP contribution in [0, 0.1) is 0 Å². The largest absolute Gasteiger partial charge is 0.382 e. The first-order valence-corrected chi connectivity index (χ1v) is 6.84. The monoisotopic (exact) mass is 272 g/mol. The van der Waals surface area contributed by atoms with E-state index in [1.54, 1.807) is 7.11 Å². The van der Waals surface area contributed by atoms with E-state index in [1.807, 2.05) is 0 Å². The smallest absolute Gasteiger partial charge is 0.267 e. The second kappa shape index (κ2) is 10.9. The molecule has 0 aromatic rings. The van der Waals surface area contributed by atoms with Gasteiger partial charge in [-0.2, -0.15) is 8.42 Å². The molecule has 0 rings (SSSR count). The zero-order chi connectivity index (χ0) is 13.0. The first kappa shape index (κ1) is 16.8. The van der Waals surface area contributed by atoms with Crippen molar-refractivity contribution in [1.29, 1.82) is 0 Å². The minimum Gasteiger partial charge on any atom is -0.382 e. The lowest BCUT2D eigenvalue weighted by molar-refractivity contribution is 0.00547. The number of methoxy groups -OCH3 is 1. The van der Waals surface area contributed by atoms with E-state index in [2.05, 4.69) is 0 Å². The van der Waals surface area contributed by atoms with Crippen LogP contribution in [0.15, 0.2) is 0 Å². The highest BCUT2D eigenvalue weighted by atomic mass is 32.2. The van der Waals surface area contributed by atoms with Crippen LogP contribution in [0.3, 0.4) is 0 Å². The van der Waals surface area contributed by atoms with Crippen LogP contribution in [0.5, 0.6) is 0 Å². The molecule has 0 unspecified atom stereocenters. The third-order valence-corrected chi connectivity index (χ3v) is 2.34. The summed E-state index contributed by atoms with van der Waals surface area (Å²) in [6.07, 6.45) is 0. The molecule has 0 aromatic heterocycles. The van der Waals surface area contributed by atoms with Gasteiger partial charge < -0.3 is 18.9 Å². The Balaban J connectivity index is 3.04. The normalized spacial score (nSPS) is 11.9. The van der Waals surface area contributed by atoms with Crippen molar-refractivity contribution in [2.24, 2.45) is 0 Å². The molecule has 0 aliphatic rings. The van der Waals surface area contributed by atoms with Gasteiger partial charge in [-0.25, -0.2) is 0 Å². The molecule has 0 saturated carbocycles. The Morgan fingerprint density at radius 3 is 1.65 bits per heavy atom. The number of hydrogen-bond acceptors (Lipinski definition) is 6. The fourth-order valence-electron chi connectivity index (χ4n) is 0.848. The summed E-state index contributed by atoms with van der Waals surface area (Å²) in [4.78, 5) is 0. The van der Waals surface area contributed by atoms with Gasteiger partial charge in [-0.1, -0.05) is 0 Å². The van der Waals surface area contributed by atoms with Crippen molar-refractivity contribution >= 4 is 10.1 Å². The van der Waals surface area contributed by atoms with E-state index >= 15 is 0 Å². The summed E-state index contributed by atoms with van der Waals surface area (Å²) in [6, 6.07) is 0. The van der Waals surface area contributed by atoms with Crippen molar-refractivity contribution in [2.45, 2.75) is 0 Å². The Hall–Kier alpha value is -0.250. The van der Waals surface area contributed by atoms with Crippen LogP contribution in [0.25, 0.3) is 0 Å². The van der Waals surface area contributed by atoms with Crippen LogP contribution in [0.4, 0.5) is 0 Å². The molecular formula is C9H20O7S. The Morgan fingerprint density at radius 2 is 1.24 bits per heavy atom. The molecule has 0 saturated heterocycles. The van der Waals surface area contributed by atoms with E-state index in [0.29, 0.717) is 33.0 Å². The van der Waals surface area contributed by atoms with Crippen LogP contribution < -0.4 is 0 Å². The van der Waals surface area contributed by atoms with Gasteiger partial charge in [0.1, 0.15) is 0 Å². The maximum atomic E-state index is 10.3. The molecule has 7 nitrogen and oxygen atoms in total. The van der Waals surface area contributed by atoms with Crippen molar-refractivity contribution in [3.8, 4) is 0 Å². The average molecular weight is 272 g/mol. The second-order valence-corrected chi connectivity index (χ2v) is 4.69. The lowest BCUT2D eigenvalue weighted by atomic mass is 10.7. The predicted octanol–water partition coefficient (Wildman–Crippen LogP) is -0.430. The molecule has 0 atom stereocenters. The fourth-order valence-corrected chi connectivity index (χ4v) is 1.18. The molecule has 0 aliphatic carbocycles. The highest BCUT2D eigenvalue weighted by Crippen LogP contribution is 1.85. The van der Waals surface area contributed by atoms with E-state index < -0.39 is 15.9 Å². The molecule has 8 heteroatoms. The van der Waals surface area contributed by atoms with E-state index in [-0.39, 0.29) is 13.2 Å². The minimum absolute atomic E-state index is 0.0352. The molecule has 0 fully saturated rings. The van der Waals surface area contributed by atoms with Crippen molar-refractivity contribution in [3.63, 3.8) is 0 Å². The average Bonchev–Trinajstić information content (AvgIpc) is 2.24. The van der Waals surface area contributed by atoms with Gasteiger partial charge in [0, 0.05) is 7.11 Å². The Morgan fingerprint density at radius 1 is 0.824 bits per heavy atom. The molecule has 0 heterocycles. The standard InChI is InChI=1S/C9H20O7S/c1-13-2-3-14-4-5-15-6-7-16-8-9-17(10,11)12/h2-9H2,1H3,(H,10,11,12). The molecule has 0 spiro atoms. The van der Waals surface area contributed by atoms with E-state index in [9.17, 15) is 8.42 Å². The van der Waals surface area contributed by atoms with E-state index in [1.165, 1.54) is 0 Å². The molecule has 0 bridgehead atoms. The zero-order valence-corrected chi connectivity index (χ0v) is 10.8. The summed E-state index contributed by atoms with van der Waals surface area (Å²) >= 11 is 0. The summed E-state index contributed by atoms with van der Waals surface area (Å²) in [5, 5.41) is 0. The van der Waals surface area contributed by atoms with Crippen LogP contribution in [0.1, 0.15) is 0 Å². The van der Waals surface area contributed by atoms with Crippen LogP contribution in [0.2, 0.25) is 0 Å². The Bertz CT molecular complexity index is 252. The topological polar surface area (TPSA) is 91.3 Å². The SMILES string of the molecule is COCCOCCOCCOCCS(=O)(=O)O. The number of ether oxygens (including phenoxy) is 4. The third kappa shape index (κ3) is 15.8. The molecule has 17 heavy (non-hydrogen) atoms. The van der Waals surface area contributed by atoms with Gasteiger partial charge in [0.25, 0.3) is 10.1 Å². The van der Waals surface area contributed by atoms with Gasteiger partial charge in [0.2, 0.25) is 0 Å². The molecule has 0 amide bonds. The summed E-state index contributed by atoms with van der Waals surface area (Å²) in [7, 11) is -2.33. The first-order valence-electron chi connectivity index (χ1n) is 5.23. The first-order chi connectivity index (χ1) is 8.06. The molecule has 0 radical (unpaired) electrons. The van der Waals surface area contributed by atoms with Gasteiger partial charge in [-0.05, 0) is 0 Å². The summed E-state index contributed by atoms with van der Waals surface area (Å²) in [5.41, 5.74) is 0. The van der Waals surface area contributed by atoms with Gasteiger partial charge in [-0.3, -0.25) is 4.55 Å². The third-order valence-electron chi connectivity index (χ3n) is 1.66. The number of hydrogen-bond donors (Lipinski definition) is 1. The maximum absolute atomic E-state index is 10.3. The molecular weight excluding hydrogens is 252 g/mol. The van der Waals surface area contributed by atoms with E-state index in [4.69, 9.17) is 23.5 Å². The highest BCUT2D eigenvalue weighted by molar-refractivity contribution is 7.85. The van der Waals surface area contributed by atoms with Crippen molar-refractivity contribution in [1.82, 2.24) is 0 Å². The molecule has 0 aliphatic heterocycles. The quantitative estimate of drug-likeness (QED) is 0.381. The minimum atomic E-state index is -3.93. The van der Waals surface area contributed by atoms with Gasteiger partial charge in [0.15, 0.2) is 0 Å². The maximum Gasteiger partial charge on any atom is 0.267 e. The Kier molecular flexibility index (Phi) is 10.7. The van der Waals surface area contributed by atoms with Crippen LogP contribution in [-0.4, -0.2) is 72.1 Å². The van der Waals surface area contributed by atoms with E-state index in [0.717, 1.165) is 0 Å². The lowest BCUT2D eigenvalue weighted by Gasteiger charge is -2.06. The summed E-state index contributed by atoms with van der Waals surface area (Å²) in [5.74, 6) is -0.396. The van der Waals surface area contributed by atoms with Crippen molar-refractivity contribution < 1.29 is 31.9 Å². The Labute approximate surface area is 102 Å². The lowest BCUT2D eigenvalue weighted by Crippen LogP contribution is -2.14. The van der Waals surface area contributed by atoms with Crippen molar-refractivity contribution in [3.05, 3.63) is 0 Å². The van der Waals surface area contributed by atoms with Gasteiger partial charge in [-0.15, -0.1) is 0 Å². The van der Waals surface area contributed by atoms with Gasteiger partial charge >= 0.3 is 0 Å². The van der Waals surface area contributed by atoms with Crippen LogP contribution >= 0.6 is 0 Å². The number of rotatable bonds is 12. The van der Waals surface area contributed by atoms with Gasteiger partial charge in [0.05, 0.1) is 52.0 Å². The van der Waals surface area contributed by atoms with Crippen molar-refractivity contribution in [2.75, 3.05) is 59.1 Å². The predicted molar refractivity (Wildman–Crippen MR) is 60.7 cm³/mol. The summed E-state index contributed by atoms with van der Waals surface area (Å²) in [6.45, 7) is 2.63.